The first-order valence-electron chi connectivity index (χ1n) is 6.17. The van der Waals surface area contributed by atoms with Crippen LogP contribution in [0.5, 0.6) is 0 Å². The lowest BCUT2D eigenvalue weighted by atomic mass is 10.1. The Morgan fingerprint density at radius 1 is 1.14 bits per heavy atom. The molecule has 0 bridgehead atoms. The van der Waals surface area contributed by atoms with E-state index in [0.29, 0.717) is 10.6 Å². The number of anilines is 1. The van der Waals surface area contributed by atoms with Gasteiger partial charge in [0, 0.05) is 9.40 Å². The molecule has 0 unspecified atom stereocenters. The van der Waals surface area contributed by atoms with E-state index in [9.17, 15) is 14.7 Å². The summed E-state index contributed by atoms with van der Waals surface area (Å²) in [6.45, 7) is 1.81. The molecule has 2 heterocycles. The molecular formula is C15H11NO3S2. The van der Waals surface area contributed by atoms with Crippen molar-refractivity contribution < 1.29 is 14.7 Å². The summed E-state index contributed by atoms with van der Waals surface area (Å²) in [5.41, 5.74) is 1.25. The van der Waals surface area contributed by atoms with Crippen LogP contribution in [0.4, 0.5) is 5.69 Å². The van der Waals surface area contributed by atoms with Crippen LogP contribution in [0.25, 0.3) is 9.40 Å². The number of amides is 1. The third-order valence-electron chi connectivity index (χ3n) is 3.02. The fourth-order valence-corrected chi connectivity index (χ4v) is 4.01. The SMILES string of the molecule is Cc1ccc(NC(=O)c2cc3sccc3s2)c(C(=O)O)c1. The predicted molar refractivity (Wildman–Crippen MR) is 85.8 cm³/mol. The van der Waals surface area contributed by atoms with Crippen LogP contribution in [0.15, 0.2) is 35.7 Å². The van der Waals surface area contributed by atoms with E-state index in [1.165, 1.54) is 11.3 Å². The van der Waals surface area contributed by atoms with Gasteiger partial charge in [0.05, 0.1) is 16.1 Å². The lowest BCUT2D eigenvalue weighted by Gasteiger charge is -2.08. The first-order chi connectivity index (χ1) is 10.0. The van der Waals surface area contributed by atoms with Gasteiger partial charge in [0.2, 0.25) is 0 Å². The number of carboxylic acid groups (broad SMARTS) is 1. The monoisotopic (exact) mass is 317 g/mol. The Morgan fingerprint density at radius 2 is 1.95 bits per heavy atom. The number of rotatable bonds is 3. The number of aromatic carboxylic acids is 1. The van der Waals surface area contributed by atoms with Gasteiger partial charge in [-0.25, -0.2) is 4.79 Å². The van der Waals surface area contributed by atoms with E-state index >= 15 is 0 Å². The molecule has 0 spiro atoms. The molecule has 0 aliphatic heterocycles. The van der Waals surface area contributed by atoms with E-state index in [0.717, 1.165) is 15.0 Å². The Kier molecular flexibility index (Phi) is 3.48. The van der Waals surface area contributed by atoms with Crippen LogP contribution in [0, 0.1) is 6.92 Å². The Morgan fingerprint density at radius 3 is 2.67 bits per heavy atom. The van der Waals surface area contributed by atoms with E-state index in [2.05, 4.69) is 5.32 Å². The Labute approximate surface area is 128 Å². The van der Waals surface area contributed by atoms with Gasteiger partial charge in [-0.15, -0.1) is 22.7 Å². The molecule has 0 atom stereocenters. The van der Waals surface area contributed by atoms with Gasteiger partial charge in [-0.05, 0) is 36.6 Å². The summed E-state index contributed by atoms with van der Waals surface area (Å²) in [7, 11) is 0. The molecule has 4 nitrogen and oxygen atoms in total. The highest BCUT2D eigenvalue weighted by atomic mass is 32.1. The molecule has 3 rings (SSSR count). The summed E-state index contributed by atoms with van der Waals surface area (Å²) >= 11 is 2.98. The first kappa shape index (κ1) is 13.8. The van der Waals surface area contributed by atoms with Gasteiger partial charge in [-0.1, -0.05) is 11.6 Å². The summed E-state index contributed by atoms with van der Waals surface area (Å²) in [6.07, 6.45) is 0. The van der Waals surface area contributed by atoms with Crippen molar-refractivity contribution in [1.29, 1.82) is 0 Å². The number of hydrogen-bond donors (Lipinski definition) is 2. The van der Waals surface area contributed by atoms with Gasteiger partial charge >= 0.3 is 5.97 Å². The van der Waals surface area contributed by atoms with Gasteiger partial charge in [0.25, 0.3) is 5.91 Å². The topological polar surface area (TPSA) is 66.4 Å². The predicted octanol–water partition coefficient (Wildman–Crippen LogP) is 4.22. The van der Waals surface area contributed by atoms with Crippen molar-refractivity contribution in [1.82, 2.24) is 0 Å². The summed E-state index contributed by atoms with van der Waals surface area (Å²) in [4.78, 5) is 24.1. The summed E-state index contributed by atoms with van der Waals surface area (Å²) < 4.78 is 2.13. The summed E-state index contributed by atoms with van der Waals surface area (Å²) in [6, 6.07) is 8.73. The summed E-state index contributed by atoms with van der Waals surface area (Å²) in [5.74, 6) is -1.34. The zero-order chi connectivity index (χ0) is 15.0. The molecular weight excluding hydrogens is 306 g/mol. The quantitative estimate of drug-likeness (QED) is 0.760. The minimum Gasteiger partial charge on any atom is -0.478 e. The number of fused-ring (bicyclic) bond motifs is 1. The second-order valence-electron chi connectivity index (χ2n) is 4.57. The first-order valence-corrected chi connectivity index (χ1v) is 7.86. The highest BCUT2D eigenvalue weighted by molar-refractivity contribution is 7.27. The van der Waals surface area contributed by atoms with Crippen LogP contribution < -0.4 is 5.32 Å². The minimum absolute atomic E-state index is 0.0988. The Hall–Kier alpha value is -2.18. The molecule has 0 fully saturated rings. The third-order valence-corrected chi connectivity index (χ3v) is 5.11. The van der Waals surface area contributed by atoms with Gasteiger partial charge in [0.15, 0.2) is 0 Å². The molecule has 0 aliphatic rings. The molecule has 0 saturated carbocycles. The Bertz CT molecular complexity index is 819. The Balaban J connectivity index is 1.91. The standard InChI is InChI=1S/C15H11NO3S2/c1-8-2-3-10(9(6-8)15(18)19)16-14(17)13-7-12-11(21-13)4-5-20-12/h2-7H,1H3,(H,16,17)(H,18,19). The largest absolute Gasteiger partial charge is 0.478 e. The highest BCUT2D eigenvalue weighted by Crippen LogP contribution is 2.30. The number of hydrogen-bond acceptors (Lipinski definition) is 4. The zero-order valence-electron chi connectivity index (χ0n) is 11.0. The maximum Gasteiger partial charge on any atom is 0.337 e. The second kappa shape index (κ2) is 5.31. The van der Waals surface area contributed by atoms with Crippen molar-refractivity contribution in [3.05, 3.63) is 51.7 Å². The lowest BCUT2D eigenvalue weighted by molar-refractivity contribution is 0.0698. The van der Waals surface area contributed by atoms with E-state index in [4.69, 9.17) is 0 Å². The van der Waals surface area contributed by atoms with Crippen LogP contribution >= 0.6 is 22.7 Å². The molecule has 106 valence electrons. The van der Waals surface area contributed by atoms with Crippen molar-refractivity contribution >= 4 is 49.6 Å². The van der Waals surface area contributed by atoms with Crippen molar-refractivity contribution in [3.63, 3.8) is 0 Å². The molecule has 6 heteroatoms. The molecule has 3 aromatic rings. The van der Waals surface area contributed by atoms with E-state index in [-0.39, 0.29) is 11.5 Å². The number of carbonyl (C=O) groups excluding carboxylic acids is 1. The average Bonchev–Trinajstić information content (AvgIpc) is 3.01. The number of nitrogens with one attached hydrogen (secondary N) is 1. The van der Waals surface area contributed by atoms with Crippen LogP contribution in [-0.4, -0.2) is 17.0 Å². The second-order valence-corrected chi connectivity index (χ2v) is 6.60. The van der Waals surface area contributed by atoms with E-state index < -0.39 is 5.97 Å². The molecule has 0 saturated heterocycles. The average molecular weight is 317 g/mol. The number of thiophene rings is 2. The van der Waals surface area contributed by atoms with Gasteiger partial charge < -0.3 is 10.4 Å². The number of aryl methyl sites for hydroxylation is 1. The van der Waals surface area contributed by atoms with Crippen molar-refractivity contribution in [2.75, 3.05) is 5.32 Å². The van der Waals surface area contributed by atoms with Crippen molar-refractivity contribution in [3.8, 4) is 0 Å². The molecule has 0 aliphatic carbocycles. The van der Waals surface area contributed by atoms with Crippen molar-refractivity contribution in [2.24, 2.45) is 0 Å². The highest BCUT2D eigenvalue weighted by Gasteiger charge is 2.15. The fraction of sp³-hybridized carbons (Fsp3) is 0.0667. The zero-order valence-corrected chi connectivity index (χ0v) is 12.7. The van der Waals surface area contributed by atoms with Gasteiger partial charge in [0.1, 0.15) is 0 Å². The molecule has 2 aromatic heterocycles. The molecule has 0 radical (unpaired) electrons. The number of carboxylic acids is 1. The number of carbonyl (C=O) groups is 2. The van der Waals surface area contributed by atoms with Gasteiger partial charge in [-0.3, -0.25) is 4.79 Å². The molecule has 21 heavy (non-hydrogen) atoms. The maximum atomic E-state index is 12.3. The normalized spacial score (nSPS) is 10.7. The maximum absolute atomic E-state index is 12.3. The summed E-state index contributed by atoms with van der Waals surface area (Å²) in [5, 5.41) is 13.9. The minimum atomic E-state index is -1.05. The van der Waals surface area contributed by atoms with Crippen LogP contribution in [0.1, 0.15) is 25.6 Å². The van der Waals surface area contributed by atoms with Crippen molar-refractivity contribution in [2.45, 2.75) is 6.92 Å². The molecule has 1 aromatic carbocycles. The van der Waals surface area contributed by atoms with E-state index in [1.54, 1.807) is 29.5 Å². The molecule has 2 N–H and O–H groups in total. The fourth-order valence-electron chi connectivity index (χ4n) is 2.01. The van der Waals surface area contributed by atoms with Crippen LogP contribution in [-0.2, 0) is 0 Å². The third kappa shape index (κ3) is 2.68. The van der Waals surface area contributed by atoms with E-state index in [1.807, 2.05) is 24.4 Å². The number of benzene rings is 1. The van der Waals surface area contributed by atoms with Gasteiger partial charge in [-0.2, -0.15) is 0 Å². The van der Waals surface area contributed by atoms with Crippen LogP contribution in [0.3, 0.4) is 0 Å². The van der Waals surface area contributed by atoms with Crippen LogP contribution in [0.2, 0.25) is 0 Å². The smallest absolute Gasteiger partial charge is 0.337 e. The lowest BCUT2D eigenvalue weighted by Crippen LogP contribution is -2.13. The molecule has 1 amide bonds.